The van der Waals surface area contributed by atoms with Gasteiger partial charge in [-0.3, -0.25) is 0 Å². The average molecular weight is 619 g/mol. The molecular weight excluding hydrogens is 590 g/mol. The second kappa shape index (κ2) is 12.3. The topological polar surface area (TPSA) is 101 Å². The molecule has 1 aromatic heterocycles. The van der Waals surface area contributed by atoms with E-state index in [4.69, 9.17) is 4.74 Å². The van der Waals surface area contributed by atoms with Crippen LogP contribution in [0.1, 0.15) is 29.8 Å². The van der Waals surface area contributed by atoms with Crippen molar-refractivity contribution < 1.29 is 39.5 Å². The highest BCUT2D eigenvalue weighted by Crippen LogP contribution is 2.30. The summed E-state index contributed by atoms with van der Waals surface area (Å²) in [4.78, 5) is 13.9. The number of aromatic nitrogens is 3. The minimum absolute atomic E-state index is 0.106. The third-order valence-electron chi connectivity index (χ3n) is 6.42. The van der Waals surface area contributed by atoms with E-state index in [1.54, 1.807) is 12.1 Å². The number of hydrogen-bond donors (Lipinski definition) is 1. The van der Waals surface area contributed by atoms with E-state index < -0.39 is 40.6 Å². The molecule has 42 heavy (non-hydrogen) atoms. The number of anilines is 2. The van der Waals surface area contributed by atoms with Crippen LogP contribution in [0.4, 0.5) is 38.0 Å². The van der Waals surface area contributed by atoms with E-state index in [2.05, 4.69) is 20.3 Å². The van der Waals surface area contributed by atoms with Crippen molar-refractivity contribution in [1.29, 1.82) is 0 Å². The summed E-state index contributed by atoms with van der Waals surface area (Å²) in [5.74, 6) is -0.241. The minimum Gasteiger partial charge on any atom is -0.454 e. The van der Waals surface area contributed by atoms with E-state index in [1.807, 2.05) is 19.0 Å². The van der Waals surface area contributed by atoms with Crippen LogP contribution in [0.5, 0.6) is 6.01 Å². The van der Waals surface area contributed by atoms with Gasteiger partial charge in [0.25, 0.3) is 0 Å². The Bertz CT molecular complexity index is 1480. The summed E-state index contributed by atoms with van der Waals surface area (Å²) < 4.78 is 110. The van der Waals surface area contributed by atoms with Gasteiger partial charge in [-0.15, -0.1) is 0 Å². The van der Waals surface area contributed by atoms with Gasteiger partial charge in [0, 0.05) is 45.3 Å². The lowest BCUT2D eigenvalue weighted by Crippen LogP contribution is -2.42. The highest BCUT2D eigenvalue weighted by atomic mass is 32.2. The Kier molecular flexibility index (Phi) is 9.15. The summed E-state index contributed by atoms with van der Waals surface area (Å²) in [6, 6.07) is 9.91. The highest BCUT2D eigenvalue weighted by molar-refractivity contribution is 7.89. The molecule has 3 aromatic rings. The molecule has 0 atom stereocenters. The predicted octanol–water partition coefficient (Wildman–Crippen LogP) is 4.75. The molecule has 0 aliphatic carbocycles. The van der Waals surface area contributed by atoms with E-state index >= 15 is 0 Å². The maximum absolute atomic E-state index is 13.1. The summed E-state index contributed by atoms with van der Waals surface area (Å²) in [5.41, 5.74) is 0.136. The molecule has 16 heteroatoms. The number of rotatable bonds is 9. The van der Waals surface area contributed by atoms with Gasteiger partial charge in [0.15, 0.2) is 6.61 Å². The molecule has 1 N–H and O–H groups in total. The van der Waals surface area contributed by atoms with Gasteiger partial charge in [-0.05, 0) is 48.7 Å². The van der Waals surface area contributed by atoms with E-state index in [1.165, 1.54) is 28.6 Å². The highest BCUT2D eigenvalue weighted by Gasteiger charge is 2.32. The van der Waals surface area contributed by atoms with Crippen LogP contribution in [-0.2, 0) is 22.6 Å². The zero-order chi connectivity index (χ0) is 30.7. The Balaban J connectivity index is 1.47. The van der Waals surface area contributed by atoms with Crippen molar-refractivity contribution in [3.8, 4) is 6.01 Å². The SMILES string of the molecule is CN(C)c1ccc(S(=O)(=O)N2CCC(Nc3nc(Cc4cccc(C(F)(F)F)c4)nc(OCC(F)(F)F)n3)CC2)cc1. The van der Waals surface area contributed by atoms with E-state index in [-0.39, 0.29) is 47.8 Å². The van der Waals surface area contributed by atoms with Gasteiger partial charge in [0.05, 0.1) is 10.5 Å². The Morgan fingerprint density at radius 1 is 0.976 bits per heavy atom. The number of halogens is 6. The van der Waals surface area contributed by atoms with Crippen LogP contribution in [-0.4, -0.2) is 73.7 Å². The molecular formula is C26H28F6N6O3S. The number of alkyl halides is 6. The van der Waals surface area contributed by atoms with E-state index in [9.17, 15) is 34.8 Å². The van der Waals surface area contributed by atoms with Gasteiger partial charge in [-0.1, -0.05) is 18.2 Å². The maximum Gasteiger partial charge on any atom is 0.422 e. The summed E-state index contributed by atoms with van der Waals surface area (Å²) in [6.45, 7) is -1.35. The molecule has 1 aliphatic heterocycles. The first kappa shape index (κ1) is 31.3. The van der Waals surface area contributed by atoms with Crippen molar-refractivity contribution in [1.82, 2.24) is 19.3 Å². The normalized spacial score (nSPS) is 15.4. The number of nitrogens with zero attached hydrogens (tertiary/aromatic N) is 5. The molecule has 9 nitrogen and oxygen atoms in total. The van der Waals surface area contributed by atoms with Crippen molar-refractivity contribution in [2.75, 3.05) is 44.0 Å². The number of piperidine rings is 1. The molecule has 4 rings (SSSR count). The molecule has 0 bridgehead atoms. The van der Waals surface area contributed by atoms with Crippen LogP contribution < -0.4 is 15.0 Å². The first-order valence-corrected chi connectivity index (χ1v) is 14.2. The minimum atomic E-state index is -4.67. The fourth-order valence-electron chi connectivity index (χ4n) is 4.28. The van der Waals surface area contributed by atoms with Gasteiger partial charge in [-0.2, -0.15) is 45.6 Å². The molecule has 2 aromatic carbocycles. The lowest BCUT2D eigenvalue weighted by molar-refractivity contribution is -0.154. The zero-order valence-electron chi connectivity index (χ0n) is 22.6. The Labute approximate surface area is 238 Å². The van der Waals surface area contributed by atoms with Crippen molar-refractivity contribution in [3.63, 3.8) is 0 Å². The van der Waals surface area contributed by atoms with Gasteiger partial charge < -0.3 is 15.0 Å². The predicted molar refractivity (Wildman–Crippen MR) is 142 cm³/mol. The third kappa shape index (κ3) is 8.21. The van der Waals surface area contributed by atoms with Crippen molar-refractivity contribution in [3.05, 3.63) is 65.5 Å². The number of hydrogen-bond acceptors (Lipinski definition) is 8. The Hall–Kier alpha value is -3.66. The summed E-state index contributed by atoms with van der Waals surface area (Å²) in [5, 5.41) is 2.98. The van der Waals surface area contributed by atoms with Crippen LogP contribution in [0, 0.1) is 0 Å². The molecule has 1 fully saturated rings. The average Bonchev–Trinajstić information content (AvgIpc) is 2.91. The third-order valence-corrected chi connectivity index (χ3v) is 8.33. The van der Waals surface area contributed by atoms with Crippen LogP contribution >= 0.6 is 0 Å². The molecule has 0 unspecified atom stereocenters. The van der Waals surface area contributed by atoms with Crippen LogP contribution in [0.2, 0.25) is 0 Å². The molecule has 1 aliphatic rings. The fraction of sp³-hybridized carbons (Fsp3) is 0.423. The van der Waals surface area contributed by atoms with Gasteiger partial charge >= 0.3 is 18.4 Å². The number of nitrogens with one attached hydrogen (secondary N) is 1. The Morgan fingerprint density at radius 3 is 2.24 bits per heavy atom. The van der Waals surface area contributed by atoms with Gasteiger partial charge in [0.2, 0.25) is 16.0 Å². The van der Waals surface area contributed by atoms with Crippen molar-refractivity contribution in [2.45, 2.75) is 42.6 Å². The molecule has 0 spiro atoms. The number of ether oxygens (including phenoxy) is 1. The van der Waals surface area contributed by atoms with Crippen LogP contribution in [0.25, 0.3) is 0 Å². The zero-order valence-corrected chi connectivity index (χ0v) is 23.4. The lowest BCUT2D eigenvalue weighted by atomic mass is 10.1. The smallest absolute Gasteiger partial charge is 0.422 e. The maximum atomic E-state index is 13.1. The second-order valence-electron chi connectivity index (χ2n) is 9.85. The molecule has 1 saturated heterocycles. The first-order valence-electron chi connectivity index (χ1n) is 12.7. The summed E-state index contributed by atoms with van der Waals surface area (Å²) in [7, 11) is -0.0635. The quantitative estimate of drug-likeness (QED) is 0.343. The molecule has 0 radical (unpaired) electrons. The fourth-order valence-corrected chi connectivity index (χ4v) is 5.75. The Morgan fingerprint density at radius 2 is 1.64 bits per heavy atom. The molecule has 2 heterocycles. The van der Waals surface area contributed by atoms with Gasteiger partial charge in [-0.25, -0.2) is 8.42 Å². The van der Waals surface area contributed by atoms with Gasteiger partial charge in [0.1, 0.15) is 5.82 Å². The molecule has 0 amide bonds. The standard InChI is InChI=1S/C26H28F6N6O3S/c1-37(2)20-6-8-21(9-7-20)42(39,40)38-12-10-19(11-13-38)33-23-34-22(35-24(36-23)41-16-25(27,28)29)15-17-4-3-5-18(14-17)26(30,31)32/h3-9,14,19H,10-13,15-16H2,1-2H3,(H,33,34,35,36). The van der Waals surface area contributed by atoms with E-state index in [0.717, 1.165) is 17.8 Å². The van der Waals surface area contributed by atoms with Crippen LogP contribution in [0.3, 0.4) is 0 Å². The molecule has 228 valence electrons. The lowest BCUT2D eigenvalue weighted by Gasteiger charge is -2.31. The van der Waals surface area contributed by atoms with Crippen molar-refractivity contribution in [2.24, 2.45) is 0 Å². The number of benzene rings is 2. The molecule has 0 saturated carbocycles. The monoisotopic (exact) mass is 618 g/mol. The summed E-state index contributed by atoms with van der Waals surface area (Å²) in [6.07, 6.45) is -8.81. The first-order chi connectivity index (χ1) is 19.6. The van der Waals surface area contributed by atoms with Crippen LogP contribution in [0.15, 0.2) is 53.4 Å². The largest absolute Gasteiger partial charge is 0.454 e. The van der Waals surface area contributed by atoms with Crippen molar-refractivity contribution >= 4 is 21.7 Å². The summed E-state index contributed by atoms with van der Waals surface area (Å²) >= 11 is 0. The number of sulfonamides is 1. The van der Waals surface area contributed by atoms with E-state index in [0.29, 0.717) is 12.8 Å². The second-order valence-corrected chi connectivity index (χ2v) is 11.8.